The second kappa shape index (κ2) is 7.39. The molecule has 3 heterocycles. The van der Waals surface area contributed by atoms with Crippen molar-refractivity contribution in [2.45, 2.75) is 18.8 Å². The highest BCUT2D eigenvalue weighted by Crippen LogP contribution is 2.32. The SMILES string of the molecule is CN1CCC(c2cc(F)c3oc(Nc4ccc5cc(C#N)ccc5n4)nc3c2)CC1. The summed E-state index contributed by atoms with van der Waals surface area (Å²) >= 11 is 0. The Labute approximate surface area is 173 Å². The summed E-state index contributed by atoms with van der Waals surface area (Å²) in [5.74, 6) is 0.487. The fourth-order valence-electron chi connectivity index (χ4n) is 4.02. The minimum Gasteiger partial charge on any atom is -0.420 e. The molecule has 1 N–H and O–H groups in total. The third kappa shape index (κ3) is 3.46. The van der Waals surface area contributed by atoms with E-state index in [1.54, 1.807) is 30.3 Å². The maximum Gasteiger partial charge on any atom is 0.301 e. The average molecular weight is 401 g/mol. The van der Waals surface area contributed by atoms with Crippen molar-refractivity contribution >= 4 is 33.8 Å². The second-order valence-electron chi connectivity index (χ2n) is 7.79. The van der Waals surface area contributed by atoms with Crippen molar-refractivity contribution in [3.05, 3.63) is 59.4 Å². The van der Waals surface area contributed by atoms with E-state index in [4.69, 9.17) is 9.68 Å². The monoisotopic (exact) mass is 401 g/mol. The number of halogens is 1. The lowest BCUT2D eigenvalue weighted by atomic mass is 9.89. The van der Waals surface area contributed by atoms with Crippen molar-refractivity contribution in [1.29, 1.82) is 5.26 Å². The molecule has 0 amide bonds. The van der Waals surface area contributed by atoms with Crippen LogP contribution >= 0.6 is 0 Å². The van der Waals surface area contributed by atoms with Gasteiger partial charge in [-0.2, -0.15) is 10.2 Å². The quantitative estimate of drug-likeness (QED) is 0.524. The van der Waals surface area contributed by atoms with E-state index >= 15 is 0 Å². The maximum absolute atomic E-state index is 14.7. The predicted octanol–water partition coefficient (Wildman–Crippen LogP) is 4.94. The van der Waals surface area contributed by atoms with Crippen LogP contribution in [0.25, 0.3) is 22.0 Å². The Kier molecular flexibility index (Phi) is 4.57. The fourth-order valence-corrected chi connectivity index (χ4v) is 4.02. The molecule has 0 atom stereocenters. The van der Waals surface area contributed by atoms with Crippen LogP contribution in [0.1, 0.15) is 29.9 Å². The lowest BCUT2D eigenvalue weighted by Crippen LogP contribution is -2.29. The Hall–Kier alpha value is -3.50. The van der Waals surface area contributed by atoms with Crippen molar-refractivity contribution < 1.29 is 8.81 Å². The van der Waals surface area contributed by atoms with Gasteiger partial charge in [0.1, 0.15) is 11.3 Å². The van der Waals surface area contributed by atoms with Crippen LogP contribution in [0.5, 0.6) is 0 Å². The number of aromatic nitrogens is 2. The van der Waals surface area contributed by atoms with Crippen LogP contribution < -0.4 is 5.32 Å². The van der Waals surface area contributed by atoms with Crippen molar-refractivity contribution in [3.63, 3.8) is 0 Å². The number of nitriles is 1. The molecule has 1 saturated heterocycles. The number of fused-ring (bicyclic) bond motifs is 2. The molecule has 0 saturated carbocycles. The molecule has 0 aliphatic carbocycles. The first-order valence-electron chi connectivity index (χ1n) is 9.95. The largest absolute Gasteiger partial charge is 0.420 e. The van der Waals surface area contributed by atoms with Gasteiger partial charge >= 0.3 is 6.01 Å². The number of likely N-dealkylation sites (tertiary alicyclic amines) is 1. The number of nitrogens with one attached hydrogen (secondary N) is 1. The Balaban J connectivity index is 1.43. The van der Waals surface area contributed by atoms with Crippen molar-refractivity contribution in [3.8, 4) is 6.07 Å². The smallest absolute Gasteiger partial charge is 0.301 e. The molecular weight excluding hydrogens is 381 g/mol. The summed E-state index contributed by atoms with van der Waals surface area (Å²) < 4.78 is 20.3. The van der Waals surface area contributed by atoms with Crippen LogP contribution in [-0.4, -0.2) is 35.0 Å². The number of piperidine rings is 1. The van der Waals surface area contributed by atoms with E-state index in [1.807, 2.05) is 12.1 Å². The molecule has 0 bridgehead atoms. The number of nitrogens with zero attached hydrogens (tertiary/aromatic N) is 4. The molecule has 0 unspecified atom stereocenters. The first-order chi connectivity index (χ1) is 14.6. The minimum atomic E-state index is -0.391. The molecule has 0 spiro atoms. The summed E-state index contributed by atoms with van der Waals surface area (Å²) in [5.41, 5.74) is 2.95. The molecular formula is C23H20FN5O. The summed E-state index contributed by atoms with van der Waals surface area (Å²) in [6, 6.07) is 14.8. The van der Waals surface area contributed by atoms with Gasteiger partial charge in [0.2, 0.25) is 0 Å². The van der Waals surface area contributed by atoms with E-state index in [9.17, 15) is 4.39 Å². The number of oxazole rings is 1. The molecule has 2 aromatic heterocycles. The molecule has 0 radical (unpaired) electrons. The summed E-state index contributed by atoms with van der Waals surface area (Å²) in [6.07, 6.45) is 2.03. The van der Waals surface area contributed by atoms with E-state index in [0.717, 1.165) is 42.4 Å². The van der Waals surface area contributed by atoms with Gasteiger partial charge < -0.3 is 9.32 Å². The van der Waals surface area contributed by atoms with E-state index in [2.05, 4.69) is 33.3 Å². The summed E-state index contributed by atoms with van der Waals surface area (Å²) in [4.78, 5) is 11.2. The first-order valence-corrected chi connectivity index (χ1v) is 9.95. The Morgan fingerprint density at radius 1 is 1.10 bits per heavy atom. The maximum atomic E-state index is 14.7. The molecule has 150 valence electrons. The lowest BCUT2D eigenvalue weighted by Gasteiger charge is -2.29. The highest BCUT2D eigenvalue weighted by Gasteiger charge is 2.21. The summed E-state index contributed by atoms with van der Waals surface area (Å²) in [7, 11) is 2.11. The van der Waals surface area contributed by atoms with Crippen LogP contribution in [0.2, 0.25) is 0 Å². The van der Waals surface area contributed by atoms with Crippen LogP contribution in [-0.2, 0) is 0 Å². The number of pyridine rings is 1. The van der Waals surface area contributed by atoms with Gasteiger partial charge in [0, 0.05) is 5.39 Å². The van der Waals surface area contributed by atoms with E-state index in [-0.39, 0.29) is 11.6 Å². The molecule has 6 nitrogen and oxygen atoms in total. The van der Waals surface area contributed by atoms with Gasteiger partial charge in [-0.25, -0.2) is 9.37 Å². The molecule has 2 aromatic carbocycles. The molecule has 1 fully saturated rings. The Bertz CT molecular complexity index is 1280. The highest BCUT2D eigenvalue weighted by atomic mass is 19.1. The topological polar surface area (TPSA) is 78.0 Å². The normalized spacial score (nSPS) is 15.5. The number of hydrogen-bond acceptors (Lipinski definition) is 6. The lowest BCUT2D eigenvalue weighted by molar-refractivity contribution is 0.255. The number of hydrogen-bond donors (Lipinski definition) is 1. The highest BCUT2D eigenvalue weighted by molar-refractivity contribution is 5.82. The van der Waals surface area contributed by atoms with Crippen LogP contribution in [0.3, 0.4) is 0 Å². The van der Waals surface area contributed by atoms with Gasteiger partial charge in [-0.05, 0) is 86.9 Å². The van der Waals surface area contributed by atoms with Gasteiger partial charge in [-0.3, -0.25) is 5.32 Å². The molecule has 7 heteroatoms. The standard InChI is InChI=1S/C23H20FN5O/c1-29-8-6-15(7-9-29)17-11-18(24)22-20(12-17)27-23(30-22)28-21-5-3-16-10-14(13-25)2-4-19(16)26-21/h2-5,10-12,15H,6-9H2,1H3,(H,26,27,28). The van der Waals surface area contributed by atoms with Crippen molar-refractivity contribution in [1.82, 2.24) is 14.9 Å². The van der Waals surface area contributed by atoms with Gasteiger partial charge in [0.15, 0.2) is 11.4 Å². The molecule has 1 aliphatic heterocycles. The molecule has 4 aromatic rings. The van der Waals surface area contributed by atoms with Crippen LogP contribution in [0.4, 0.5) is 16.2 Å². The van der Waals surface area contributed by atoms with Gasteiger partial charge in [-0.1, -0.05) is 0 Å². The molecule has 5 rings (SSSR count). The Morgan fingerprint density at radius 2 is 1.93 bits per heavy atom. The zero-order valence-electron chi connectivity index (χ0n) is 16.5. The van der Waals surface area contributed by atoms with Crippen LogP contribution in [0, 0.1) is 17.1 Å². The summed E-state index contributed by atoms with van der Waals surface area (Å²) in [5, 5.41) is 12.9. The van der Waals surface area contributed by atoms with Crippen molar-refractivity contribution in [2.75, 3.05) is 25.5 Å². The number of rotatable bonds is 3. The third-order valence-electron chi connectivity index (χ3n) is 5.71. The van der Waals surface area contributed by atoms with E-state index in [1.165, 1.54) is 0 Å². The Morgan fingerprint density at radius 3 is 2.73 bits per heavy atom. The number of anilines is 2. The zero-order chi connectivity index (χ0) is 20.7. The average Bonchev–Trinajstić information content (AvgIpc) is 3.17. The second-order valence-corrected chi connectivity index (χ2v) is 7.79. The van der Waals surface area contributed by atoms with E-state index < -0.39 is 5.82 Å². The van der Waals surface area contributed by atoms with Crippen LogP contribution in [0.15, 0.2) is 46.9 Å². The predicted molar refractivity (Wildman–Crippen MR) is 113 cm³/mol. The summed E-state index contributed by atoms with van der Waals surface area (Å²) in [6.45, 7) is 2.03. The van der Waals surface area contributed by atoms with Gasteiger partial charge in [-0.15, -0.1) is 0 Å². The van der Waals surface area contributed by atoms with Gasteiger partial charge in [0.05, 0.1) is 17.1 Å². The minimum absolute atomic E-state index is 0.147. The molecule has 1 aliphatic rings. The number of benzene rings is 2. The van der Waals surface area contributed by atoms with Crippen molar-refractivity contribution in [2.24, 2.45) is 0 Å². The third-order valence-corrected chi connectivity index (χ3v) is 5.71. The molecule has 30 heavy (non-hydrogen) atoms. The zero-order valence-corrected chi connectivity index (χ0v) is 16.5. The first kappa shape index (κ1) is 18.5. The fraction of sp³-hybridized carbons (Fsp3) is 0.261. The van der Waals surface area contributed by atoms with Gasteiger partial charge in [0.25, 0.3) is 0 Å². The van der Waals surface area contributed by atoms with E-state index in [0.29, 0.717) is 22.8 Å².